The van der Waals surface area contributed by atoms with Gasteiger partial charge in [-0.2, -0.15) is 5.10 Å². The summed E-state index contributed by atoms with van der Waals surface area (Å²) in [6, 6.07) is 1.74. The van der Waals surface area contributed by atoms with Crippen molar-refractivity contribution in [1.82, 2.24) is 24.7 Å². The molecular formula is C16H16N6OS. The summed E-state index contributed by atoms with van der Waals surface area (Å²) in [5, 5.41) is 7.66. The van der Waals surface area contributed by atoms with Crippen molar-refractivity contribution in [2.75, 3.05) is 5.32 Å². The summed E-state index contributed by atoms with van der Waals surface area (Å²) in [5.41, 5.74) is 1.31. The van der Waals surface area contributed by atoms with Crippen molar-refractivity contribution in [2.45, 2.75) is 25.8 Å². The van der Waals surface area contributed by atoms with Gasteiger partial charge in [-0.1, -0.05) is 17.8 Å². The molecule has 1 saturated carbocycles. The molecule has 7 nitrogen and oxygen atoms in total. The van der Waals surface area contributed by atoms with E-state index >= 15 is 0 Å². The maximum atomic E-state index is 12.5. The Morgan fingerprint density at radius 1 is 1.25 bits per heavy atom. The Labute approximate surface area is 142 Å². The molecule has 1 aliphatic carbocycles. The van der Waals surface area contributed by atoms with Gasteiger partial charge in [-0.05, 0) is 24.8 Å². The lowest BCUT2D eigenvalue weighted by Crippen LogP contribution is -2.23. The second-order valence-corrected chi connectivity index (χ2v) is 6.80. The van der Waals surface area contributed by atoms with E-state index in [4.69, 9.17) is 0 Å². The van der Waals surface area contributed by atoms with Crippen molar-refractivity contribution >= 4 is 22.4 Å². The molecule has 3 heterocycles. The zero-order valence-corrected chi connectivity index (χ0v) is 13.7. The SMILES string of the molecule is O=C(Nc1ncc(-c2cnccn2)s1)c1ccnn1CC1CCC1. The summed E-state index contributed by atoms with van der Waals surface area (Å²) in [4.78, 5) is 25.9. The molecule has 0 aromatic carbocycles. The first-order valence-electron chi connectivity index (χ1n) is 7.85. The zero-order chi connectivity index (χ0) is 16.4. The second kappa shape index (κ2) is 6.48. The average Bonchev–Trinajstić information content (AvgIpc) is 3.21. The first-order valence-corrected chi connectivity index (χ1v) is 8.66. The number of nitrogens with zero attached hydrogens (tertiary/aromatic N) is 5. The molecule has 1 aliphatic rings. The van der Waals surface area contributed by atoms with Crippen LogP contribution < -0.4 is 5.32 Å². The summed E-state index contributed by atoms with van der Waals surface area (Å²) in [7, 11) is 0. The number of nitrogens with one attached hydrogen (secondary N) is 1. The lowest BCUT2D eigenvalue weighted by molar-refractivity contribution is 0.101. The molecule has 0 bridgehead atoms. The minimum absolute atomic E-state index is 0.188. The lowest BCUT2D eigenvalue weighted by atomic mass is 9.85. The minimum atomic E-state index is -0.188. The van der Waals surface area contributed by atoms with Gasteiger partial charge in [0.2, 0.25) is 0 Å². The van der Waals surface area contributed by atoms with Crippen molar-refractivity contribution in [3.05, 3.63) is 42.7 Å². The number of rotatable bonds is 5. The average molecular weight is 340 g/mol. The third kappa shape index (κ3) is 3.05. The maximum Gasteiger partial charge on any atom is 0.275 e. The van der Waals surface area contributed by atoms with E-state index in [-0.39, 0.29) is 5.91 Å². The van der Waals surface area contributed by atoms with Crippen molar-refractivity contribution in [3.63, 3.8) is 0 Å². The lowest BCUT2D eigenvalue weighted by Gasteiger charge is -2.25. The third-order valence-corrected chi connectivity index (χ3v) is 5.08. The Hall–Kier alpha value is -2.61. The fraction of sp³-hybridized carbons (Fsp3) is 0.312. The van der Waals surface area contributed by atoms with Gasteiger partial charge in [-0.15, -0.1) is 0 Å². The number of hydrogen-bond acceptors (Lipinski definition) is 6. The molecule has 0 radical (unpaired) electrons. The highest BCUT2D eigenvalue weighted by atomic mass is 32.1. The van der Waals surface area contributed by atoms with Crippen LogP contribution in [0.4, 0.5) is 5.13 Å². The molecule has 0 unspecified atom stereocenters. The van der Waals surface area contributed by atoms with Crippen LogP contribution >= 0.6 is 11.3 Å². The van der Waals surface area contributed by atoms with Crippen LogP contribution in [0, 0.1) is 5.92 Å². The molecule has 24 heavy (non-hydrogen) atoms. The summed E-state index contributed by atoms with van der Waals surface area (Å²) < 4.78 is 1.79. The summed E-state index contributed by atoms with van der Waals surface area (Å²) in [5.74, 6) is 0.450. The quantitative estimate of drug-likeness (QED) is 0.772. The standard InChI is InChI=1S/C16H16N6OS/c23-15(13-4-5-20-22(13)10-11-2-1-3-11)21-16-19-9-14(24-16)12-8-17-6-7-18-12/h4-9,11H,1-3,10H2,(H,19,21,23). The van der Waals surface area contributed by atoms with Gasteiger partial charge in [0.25, 0.3) is 5.91 Å². The molecule has 0 saturated heterocycles. The van der Waals surface area contributed by atoms with Crippen LogP contribution in [-0.4, -0.2) is 30.6 Å². The Kier molecular flexibility index (Phi) is 4.04. The number of aromatic nitrogens is 5. The monoisotopic (exact) mass is 340 g/mol. The van der Waals surface area contributed by atoms with E-state index in [1.54, 1.807) is 41.7 Å². The molecule has 1 fully saturated rings. The van der Waals surface area contributed by atoms with Crippen molar-refractivity contribution in [1.29, 1.82) is 0 Å². The number of thiazole rings is 1. The van der Waals surface area contributed by atoms with Crippen molar-refractivity contribution < 1.29 is 4.79 Å². The number of amides is 1. The molecule has 0 aliphatic heterocycles. The first kappa shape index (κ1) is 14.9. The van der Waals surface area contributed by atoms with E-state index in [0.29, 0.717) is 16.7 Å². The van der Waals surface area contributed by atoms with E-state index < -0.39 is 0 Å². The van der Waals surface area contributed by atoms with E-state index in [1.165, 1.54) is 30.6 Å². The minimum Gasteiger partial charge on any atom is -0.296 e. The molecule has 3 aromatic rings. The second-order valence-electron chi connectivity index (χ2n) is 5.77. The van der Waals surface area contributed by atoms with E-state index in [2.05, 4.69) is 25.4 Å². The normalized spacial score (nSPS) is 14.3. The van der Waals surface area contributed by atoms with Crippen LogP contribution in [0.15, 0.2) is 37.1 Å². The van der Waals surface area contributed by atoms with Crippen molar-refractivity contribution in [2.24, 2.45) is 5.92 Å². The van der Waals surface area contributed by atoms with E-state index in [9.17, 15) is 4.79 Å². The van der Waals surface area contributed by atoms with Crippen LogP contribution in [0.1, 0.15) is 29.8 Å². The van der Waals surface area contributed by atoms with Crippen LogP contribution in [0.2, 0.25) is 0 Å². The molecule has 1 amide bonds. The maximum absolute atomic E-state index is 12.5. The molecule has 122 valence electrons. The Morgan fingerprint density at radius 2 is 2.17 bits per heavy atom. The van der Waals surface area contributed by atoms with Gasteiger partial charge >= 0.3 is 0 Å². The van der Waals surface area contributed by atoms with Gasteiger partial charge in [0.05, 0.1) is 11.1 Å². The van der Waals surface area contributed by atoms with Crippen LogP contribution in [-0.2, 0) is 6.54 Å². The number of carbonyl (C=O) groups excluding carboxylic acids is 1. The molecule has 1 N–H and O–H groups in total. The number of hydrogen-bond donors (Lipinski definition) is 1. The van der Waals surface area contributed by atoms with Gasteiger partial charge < -0.3 is 0 Å². The highest BCUT2D eigenvalue weighted by Gasteiger charge is 2.21. The fourth-order valence-electron chi connectivity index (χ4n) is 2.63. The smallest absolute Gasteiger partial charge is 0.275 e. The van der Waals surface area contributed by atoms with E-state index in [1.807, 2.05) is 0 Å². The van der Waals surface area contributed by atoms with Crippen LogP contribution in [0.3, 0.4) is 0 Å². The Balaban J connectivity index is 1.47. The van der Waals surface area contributed by atoms with Gasteiger partial charge in [-0.25, -0.2) is 4.98 Å². The predicted molar refractivity (Wildman–Crippen MR) is 90.7 cm³/mol. The van der Waals surface area contributed by atoms with Crippen molar-refractivity contribution in [3.8, 4) is 10.6 Å². The molecule has 0 spiro atoms. The van der Waals surface area contributed by atoms with Gasteiger partial charge in [-0.3, -0.25) is 24.8 Å². The predicted octanol–water partition coefficient (Wildman–Crippen LogP) is 2.85. The zero-order valence-electron chi connectivity index (χ0n) is 12.9. The number of carbonyl (C=O) groups is 1. The number of anilines is 1. The van der Waals surface area contributed by atoms with E-state index in [0.717, 1.165) is 17.1 Å². The van der Waals surface area contributed by atoms with Gasteiger partial charge in [0.1, 0.15) is 11.4 Å². The molecular weight excluding hydrogens is 324 g/mol. The first-order chi connectivity index (χ1) is 11.8. The summed E-state index contributed by atoms with van der Waals surface area (Å²) in [6.45, 7) is 0.804. The van der Waals surface area contributed by atoms with Crippen LogP contribution in [0.25, 0.3) is 10.6 Å². The van der Waals surface area contributed by atoms with Gasteiger partial charge in [0, 0.05) is 31.3 Å². The molecule has 4 rings (SSSR count). The molecule has 0 atom stereocenters. The topological polar surface area (TPSA) is 85.6 Å². The van der Waals surface area contributed by atoms with Crippen LogP contribution in [0.5, 0.6) is 0 Å². The molecule has 3 aromatic heterocycles. The molecule has 8 heteroatoms. The summed E-state index contributed by atoms with van der Waals surface area (Å²) >= 11 is 1.37. The largest absolute Gasteiger partial charge is 0.296 e. The Bertz CT molecular complexity index is 839. The highest BCUT2D eigenvalue weighted by Crippen LogP contribution is 2.29. The highest BCUT2D eigenvalue weighted by molar-refractivity contribution is 7.19. The summed E-state index contributed by atoms with van der Waals surface area (Å²) in [6.07, 6.45) is 12.0. The Morgan fingerprint density at radius 3 is 2.92 bits per heavy atom. The fourth-order valence-corrected chi connectivity index (χ4v) is 3.40. The van der Waals surface area contributed by atoms with Gasteiger partial charge in [0.15, 0.2) is 5.13 Å². The third-order valence-electron chi connectivity index (χ3n) is 4.15.